The predicted molar refractivity (Wildman–Crippen MR) is 431 cm³/mol. The van der Waals surface area contributed by atoms with Crippen LogP contribution in [0, 0.1) is 76.2 Å². The molecule has 0 unspecified atom stereocenters. The van der Waals surface area contributed by atoms with E-state index in [1.54, 1.807) is 140 Å². The van der Waals surface area contributed by atoms with E-state index in [1.165, 1.54) is 46.2 Å². The zero-order chi connectivity index (χ0) is 77.8. The first kappa shape index (κ1) is 90.3. The van der Waals surface area contributed by atoms with Crippen molar-refractivity contribution in [1.29, 1.82) is 0 Å². The number of aryl methyl sites for hydroxylation is 14. The highest BCUT2D eigenvalue weighted by atomic mass is 16.3. The lowest BCUT2D eigenvalue weighted by atomic mass is 10.1. The molecule has 12 heteroatoms. The van der Waals surface area contributed by atoms with Gasteiger partial charge in [-0.1, -0.05) is 209 Å². The number of phenolic OH excluding ortho intramolecular Hbond substituents is 12. The molecule has 0 amide bonds. The SMILES string of the molecule is CCCCc1ccc(O)cc1.CCCc1ccc(O)cc1.CCc1ccc(O)cc1.Cc1ccc(C)c(O)c1.Cc1ccc(O)c(C)c1.Cc1ccc(O)cc1.Cc1ccc(O)cc1C.Cc1cccc(C)c1O.Cc1cccc(O)c1.Cc1ccccc1O.Oc1ccccc1.Oc1ccccc1. The molecule has 0 spiro atoms. The summed E-state index contributed by atoms with van der Waals surface area (Å²) >= 11 is 0. The maximum Gasteiger partial charge on any atom is 0.121 e. The number of hydrogen-bond acceptors (Lipinski definition) is 12. The van der Waals surface area contributed by atoms with Gasteiger partial charge in [0, 0.05) is 0 Å². The van der Waals surface area contributed by atoms with Crippen LogP contribution in [0.4, 0.5) is 0 Å². The molecular weight excluding hydrogens is 1300 g/mol. The van der Waals surface area contributed by atoms with Gasteiger partial charge < -0.3 is 61.3 Å². The lowest BCUT2D eigenvalue weighted by Crippen LogP contribution is -1.82. The Morgan fingerprint density at radius 2 is 0.548 bits per heavy atom. The lowest BCUT2D eigenvalue weighted by molar-refractivity contribution is 0.466. The van der Waals surface area contributed by atoms with Gasteiger partial charge in [-0.2, -0.15) is 0 Å². The summed E-state index contributed by atoms with van der Waals surface area (Å²) in [6, 6.07) is 83.3. The third-order valence-corrected chi connectivity index (χ3v) is 14.9. The second-order valence-corrected chi connectivity index (χ2v) is 24.4. The third-order valence-electron chi connectivity index (χ3n) is 14.9. The highest BCUT2D eigenvalue weighted by Gasteiger charge is 1.98. The molecule has 12 aromatic rings. The molecule has 12 nitrogen and oxygen atoms in total. The number of benzene rings is 12. The average Bonchev–Trinajstić information content (AvgIpc) is 0.933. The van der Waals surface area contributed by atoms with Crippen molar-refractivity contribution in [3.63, 3.8) is 0 Å². The maximum atomic E-state index is 9.21. The summed E-state index contributed by atoms with van der Waals surface area (Å²) in [6.07, 6.45) is 6.85. The molecule has 0 aliphatic carbocycles. The van der Waals surface area contributed by atoms with Crippen LogP contribution in [0.1, 0.15) is 118 Å². The number of para-hydroxylation sites is 4. The number of phenols is 12. The standard InChI is InChI=1S/C10H14O.C9H12O.5C8H10O.3C7H8O.2C6H6O/c1-2-3-4-9-5-7-10(11)8-6-9;1-2-3-8-4-6-9(10)7-5-8;1-6-3-4-8(9)5-7(6)2;1-6-3-4-8(9)7(2)5-6;1-6-3-4-7(2)8(9)5-6;1-6-4-3-5-7(2)8(6)9;1-2-7-3-5-8(9)6-4-7;1-6-2-4-7(8)5-3-6;1-6-3-2-4-7(8)5-6;1-6-4-2-3-5-7(6)8;2*7-6-4-2-1-3-5-6/h5-8,11H,2-4H2,1H3;4-7,10H,2-3H2,1H3;4*3-5,9H,1-2H3;3-6,9H,2H2,1H3;3*2-5,8H,1H3;2*1-5,7H. The second-order valence-electron chi connectivity index (χ2n) is 24.4. The van der Waals surface area contributed by atoms with Crippen molar-refractivity contribution >= 4 is 0 Å². The molecule has 0 radical (unpaired) electrons. The molecule has 12 rings (SSSR count). The largest absolute Gasteiger partial charge is 0.508 e. The topological polar surface area (TPSA) is 243 Å². The molecule has 0 saturated carbocycles. The molecule has 12 aromatic carbocycles. The highest BCUT2D eigenvalue weighted by Crippen LogP contribution is 2.21. The molecule has 0 aromatic heterocycles. The average molecular weight is 1410 g/mol. The molecule has 0 aliphatic rings. The van der Waals surface area contributed by atoms with Crippen LogP contribution in [0.25, 0.3) is 0 Å². The zero-order valence-electron chi connectivity index (χ0n) is 63.2. The Labute approximate surface area is 619 Å². The second kappa shape index (κ2) is 53.1. The zero-order valence-corrected chi connectivity index (χ0v) is 63.2. The fraction of sp³-hybridized carbons (Fsp3) is 0.217. The molecule has 12 N–H and O–H groups in total. The van der Waals surface area contributed by atoms with Crippen LogP contribution >= 0.6 is 0 Å². The van der Waals surface area contributed by atoms with Gasteiger partial charge >= 0.3 is 0 Å². The number of hydrogen-bond donors (Lipinski definition) is 12. The van der Waals surface area contributed by atoms with Crippen molar-refractivity contribution in [3.8, 4) is 69.0 Å². The molecule has 552 valence electrons. The van der Waals surface area contributed by atoms with E-state index in [1.807, 2.05) is 216 Å². The van der Waals surface area contributed by atoms with Crippen molar-refractivity contribution in [2.24, 2.45) is 0 Å². The van der Waals surface area contributed by atoms with Crippen molar-refractivity contribution < 1.29 is 61.3 Å². The van der Waals surface area contributed by atoms with E-state index >= 15 is 0 Å². The van der Waals surface area contributed by atoms with Crippen molar-refractivity contribution in [1.82, 2.24) is 0 Å². The van der Waals surface area contributed by atoms with E-state index in [0.717, 1.165) is 70.2 Å². The van der Waals surface area contributed by atoms with Crippen LogP contribution in [-0.4, -0.2) is 61.3 Å². The summed E-state index contributed by atoms with van der Waals surface area (Å²) in [5, 5.41) is 107. The number of unbranched alkanes of at least 4 members (excludes halogenated alkanes) is 1. The number of aromatic hydroxyl groups is 12. The van der Waals surface area contributed by atoms with Gasteiger partial charge in [0.1, 0.15) is 69.0 Å². The lowest BCUT2D eigenvalue weighted by Gasteiger charge is -1.99. The molecule has 0 saturated heterocycles. The minimum Gasteiger partial charge on any atom is -0.508 e. The smallest absolute Gasteiger partial charge is 0.121 e. The number of rotatable bonds is 6. The third kappa shape index (κ3) is 44.4. The van der Waals surface area contributed by atoms with E-state index in [0.29, 0.717) is 69.0 Å². The van der Waals surface area contributed by atoms with Crippen LogP contribution < -0.4 is 0 Å². The van der Waals surface area contributed by atoms with Crippen molar-refractivity contribution in [2.75, 3.05) is 0 Å². The summed E-state index contributed by atoms with van der Waals surface area (Å²) in [7, 11) is 0. The molecular formula is C92H112O12. The molecule has 0 aliphatic heterocycles. The van der Waals surface area contributed by atoms with Gasteiger partial charge in [0.15, 0.2) is 0 Å². The van der Waals surface area contributed by atoms with Gasteiger partial charge in [-0.05, 0) is 284 Å². The van der Waals surface area contributed by atoms with Crippen molar-refractivity contribution in [2.45, 2.75) is 135 Å². The summed E-state index contributed by atoms with van der Waals surface area (Å²) in [6.45, 7) is 27.7. The van der Waals surface area contributed by atoms with Crippen molar-refractivity contribution in [3.05, 3.63) is 357 Å². The highest BCUT2D eigenvalue weighted by molar-refractivity contribution is 5.39. The van der Waals surface area contributed by atoms with E-state index in [2.05, 4.69) is 20.8 Å². The molecule has 0 bridgehead atoms. The minimum absolute atomic E-state index is 0.322. The first-order chi connectivity index (χ1) is 49.5. The fourth-order valence-electron chi connectivity index (χ4n) is 8.37. The first-order valence-electron chi connectivity index (χ1n) is 34.6. The van der Waals surface area contributed by atoms with Gasteiger partial charge in [0.25, 0.3) is 0 Å². The minimum atomic E-state index is 0.322. The quantitative estimate of drug-likeness (QED) is 0.0744. The summed E-state index contributed by atoms with van der Waals surface area (Å²) in [4.78, 5) is 0. The van der Waals surface area contributed by atoms with Gasteiger partial charge in [-0.25, -0.2) is 0 Å². The van der Waals surface area contributed by atoms with Crippen LogP contribution in [0.5, 0.6) is 69.0 Å². The Morgan fingerprint density at radius 1 is 0.202 bits per heavy atom. The van der Waals surface area contributed by atoms with E-state index in [-0.39, 0.29) is 0 Å². The van der Waals surface area contributed by atoms with Crippen LogP contribution in [-0.2, 0) is 19.3 Å². The molecule has 0 atom stereocenters. The predicted octanol–water partition coefficient (Wildman–Crippen LogP) is 23.0. The normalized spacial score (nSPS) is 9.37. The Kier molecular flexibility index (Phi) is 46.1. The Bertz CT molecular complexity index is 3940. The molecule has 104 heavy (non-hydrogen) atoms. The Hall–Kier alpha value is -11.8. The van der Waals surface area contributed by atoms with Crippen LogP contribution in [0.15, 0.2) is 279 Å². The van der Waals surface area contributed by atoms with E-state index < -0.39 is 0 Å². The molecule has 0 heterocycles. The monoisotopic (exact) mass is 1410 g/mol. The summed E-state index contributed by atoms with van der Waals surface area (Å²) in [5.41, 5.74) is 15.4. The van der Waals surface area contributed by atoms with Gasteiger partial charge in [-0.15, -0.1) is 0 Å². The van der Waals surface area contributed by atoms with Crippen LogP contribution in [0.2, 0.25) is 0 Å². The van der Waals surface area contributed by atoms with E-state index in [9.17, 15) is 5.11 Å². The van der Waals surface area contributed by atoms with Gasteiger partial charge in [0.05, 0.1) is 0 Å². The summed E-state index contributed by atoms with van der Waals surface area (Å²) < 4.78 is 0. The summed E-state index contributed by atoms with van der Waals surface area (Å²) in [5.74, 6) is 4.24. The molecule has 0 fully saturated rings. The first-order valence-corrected chi connectivity index (χ1v) is 34.6. The van der Waals surface area contributed by atoms with Gasteiger partial charge in [-0.3, -0.25) is 0 Å². The Morgan fingerprint density at radius 3 is 0.885 bits per heavy atom. The maximum absolute atomic E-state index is 9.21. The van der Waals surface area contributed by atoms with Gasteiger partial charge in [0.2, 0.25) is 0 Å². The van der Waals surface area contributed by atoms with E-state index in [4.69, 9.17) is 56.2 Å². The fourth-order valence-corrected chi connectivity index (χ4v) is 8.37. The van der Waals surface area contributed by atoms with Crippen LogP contribution in [0.3, 0.4) is 0 Å². The Balaban J connectivity index is 0.000000568.